The van der Waals surface area contributed by atoms with Crippen LogP contribution in [0.1, 0.15) is 30.8 Å². The molecule has 1 aromatic carbocycles. The molecule has 0 aliphatic rings. The summed E-state index contributed by atoms with van der Waals surface area (Å²) in [5.74, 6) is 0.204. The SMILES string of the molecule is CCc1nnc(NCc2cc(F)ccc2Br)nc1CC. The van der Waals surface area contributed by atoms with Crippen LogP contribution in [0.2, 0.25) is 0 Å². The molecule has 0 radical (unpaired) electrons. The van der Waals surface area contributed by atoms with Gasteiger partial charge in [0.2, 0.25) is 5.95 Å². The summed E-state index contributed by atoms with van der Waals surface area (Å²) in [5.41, 5.74) is 2.68. The normalized spacial score (nSPS) is 10.6. The lowest BCUT2D eigenvalue weighted by Gasteiger charge is -2.09. The molecule has 0 fully saturated rings. The van der Waals surface area contributed by atoms with Crippen LogP contribution in [0.5, 0.6) is 0 Å². The van der Waals surface area contributed by atoms with Crippen LogP contribution in [0.25, 0.3) is 0 Å². The second kappa shape index (κ2) is 6.74. The van der Waals surface area contributed by atoms with Crippen molar-refractivity contribution in [1.29, 1.82) is 0 Å². The molecule has 0 spiro atoms. The van der Waals surface area contributed by atoms with Crippen molar-refractivity contribution < 1.29 is 4.39 Å². The molecule has 0 amide bonds. The number of nitrogens with one attached hydrogen (secondary N) is 1. The Labute approximate surface area is 126 Å². The summed E-state index contributed by atoms with van der Waals surface area (Å²) in [5, 5.41) is 11.3. The standard InChI is InChI=1S/C14H16BrFN4/c1-3-12-13(4-2)19-20-14(18-12)17-8-9-7-10(16)5-6-11(9)15/h5-7H,3-4,8H2,1-2H3,(H,17,18,20). The monoisotopic (exact) mass is 338 g/mol. The quantitative estimate of drug-likeness (QED) is 0.906. The molecular formula is C14H16BrFN4. The van der Waals surface area contributed by atoms with Gasteiger partial charge in [0.05, 0.1) is 11.4 Å². The molecule has 20 heavy (non-hydrogen) atoms. The van der Waals surface area contributed by atoms with E-state index in [1.54, 1.807) is 6.07 Å². The molecule has 0 atom stereocenters. The van der Waals surface area contributed by atoms with Crippen LogP contribution < -0.4 is 5.32 Å². The van der Waals surface area contributed by atoms with Crippen molar-refractivity contribution in [3.8, 4) is 0 Å². The topological polar surface area (TPSA) is 50.7 Å². The summed E-state index contributed by atoms with van der Waals surface area (Å²) in [7, 11) is 0. The van der Waals surface area contributed by atoms with Gasteiger partial charge in [-0.3, -0.25) is 0 Å². The van der Waals surface area contributed by atoms with Crippen LogP contribution in [0.4, 0.5) is 10.3 Å². The summed E-state index contributed by atoms with van der Waals surface area (Å²) in [6.45, 7) is 4.51. The highest BCUT2D eigenvalue weighted by atomic mass is 79.9. The number of benzene rings is 1. The lowest BCUT2D eigenvalue weighted by Crippen LogP contribution is -2.09. The van der Waals surface area contributed by atoms with E-state index in [1.165, 1.54) is 12.1 Å². The molecule has 1 N–H and O–H groups in total. The van der Waals surface area contributed by atoms with Crippen LogP contribution in [0.3, 0.4) is 0 Å². The summed E-state index contributed by atoms with van der Waals surface area (Å²) in [6.07, 6.45) is 1.63. The van der Waals surface area contributed by atoms with E-state index >= 15 is 0 Å². The van der Waals surface area contributed by atoms with Gasteiger partial charge >= 0.3 is 0 Å². The molecule has 106 valence electrons. The third-order valence-corrected chi connectivity index (χ3v) is 3.73. The Bertz CT molecular complexity index is 604. The van der Waals surface area contributed by atoms with Crippen LogP contribution >= 0.6 is 15.9 Å². The van der Waals surface area contributed by atoms with Gasteiger partial charge in [0.25, 0.3) is 0 Å². The fourth-order valence-electron chi connectivity index (χ4n) is 1.87. The maximum Gasteiger partial charge on any atom is 0.243 e. The highest BCUT2D eigenvalue weighted by Crippen LogP contribution is 2.18. The molecule has 6 heteroatoms. The summed E-state index contributed by atoms with van der Waals surface area (Å²) >= 11 is 3.39. The first-order valence-electron chi connectivity index (χ1n) is 6.54. The minimum absolute atomic E-state index is 0.264. The average molecular weight is 339 g/mol. The average Bonchev–Trinajstić information content (AvgIpc) is 2.47. The number of rotatable bonds is 5. The Morgan fingerprint density at radius 3 is 2.60 bits per heavy atom. The zero-order valence-corrected chi connectivity index (χ0v) is 13.0. The van der Waals surface area contributed by atoms with Gasteiger partial charge < -0.3 is 5.32 Å². The Kier molecular flexibility index (Phi) is 5.00. The number of anilines is 1. The van der Waals surface area contributed by atoms with E-state index in [0.29, 0.717) is 12.5 Å². The van der Waals surface area contributed by atoms with Gasteiger partial charge in [0.1, 0.15) is 5.82 Å². The molecule has 0 unspecified atom stereocenters. The molecule has 0 aliphatic carbocycles. The van der Waals surface area contributed by atoms with E-state index < -0.39 is 0 Å². The maximum absolute atomic E-state index is 13.2. The van der Waals surface area contributed by atoms with Crippen LogP contribution in [0.15, 0.2) is 22.7 Å². The molecule has 1 heterocycles. The number of hydrogen-bond donors (Lipinski definition) is 1. The molecule has 0 aliphatic heterocycles. The zero-order chi connectivity index (χ0) is 14.5. The van der Waals surface area contributed by atoms with Gasteiger partial charge in [-0.2, -0.15) is 5.10 Å². The Hall–Kier alpha value is -1.56. The molecule has 2 rings (SSSR count). The first kappa shape index (κ1) is 14.8. The van der Waals surface area contributed by atoms with Crippen molar-refractivity contribution in [3.05, 3.63) is 45.4 Å². The lowest BCUT2D eigenvalue weighted by atomic mass is 10.2. The second-order valence-corrected chi connectivity index (χ2v) is 5.18. The van der Waals surface area contributed by atoms with Crippen molar-refractivity contribution in [3.63, 3.8) is 0 Å². The molecule has 0 saturated heterocycles. The van der Waals surface area contributed by atoms with E-state index in [1.807, 2.05) is 13.8 Å². The van der Waals surface area contributed by atoms with Gasteiger partial charge in [-0.25, -0.2) is 9.37 Å². The van der Waals surface area contributed by atoms with Gasteiger partial charge in [0.15, 0.2) is 0 Å². The van der Waals surface area contributed by atoms with E-state index in [-0.39, 0.29) is 5.82 Å². The number of nitrogens with zero attached hydrogens (tertiary/aromatic N) is 3. The summed E-state index contributed by atoms with van der Waals surface area (Å²) in [4.78, 5) is 4.44. The van der Waals surface area contributed by atoms with Crippen LogP contribution in [-0.2, 0) is 19.4 Å². The fraction of sp³-hybridized carbons (Fsp3) is 0.357. The Morgan fingerprint density at radius 1 is 1.15 bits per heavy atom. The summed E-state index contributed by atoms with van der Waals surface area (Å²) in [6, 6.07) is 4.58. The highest BCUT2D eigenvalue weighted by Gasteiger charge is 2.07. The molecule has 2 aromatic rings. The van der Waals surface area contributed by atoms with E-state index in [2.05, 4.69) is 36.4 Å². The van der Waals surface area contributed by atoms with E-state index in [4.69, 9.17) is 0 Å². The third-order valence-electron chi connectivity index (χ3n) is 2.95. The van der Waals surface area contributed by atoms with Crippen LogP contribution in [-0.4, -0.2) is 15.2 Å². The molecular weight excluding hydrogens is 323 g/mol. The number of aryl methyl sites for hydroxylation is 2. The zero-order valence-electron chi connectivity index (χ0n) is 11.5. The molecule has 0 bridgehead atoms. The first-order valence-corrected chi connectivity index (χ1v) is 7.33. The van der Waals surface area contributed by atoms with Crippen molar-refractivity contribution in [2.45, 2.75) is 33.2 Å². The van der Waals surface area contributed by atoms with Crippen molar-refractivity contribution in [2.24, 2.45) is 0 Å². The molecule has 0 saturated carbocycles. The van der Waals surface area contributed by atoms with Gasteiger partial charge in [0, 0.05) is 11.0 Å². The van der Waals surface area contributed by atoms with Crippen molar-refractivity contribution in [2.75, 3.05) is 5.32 Å². The minimum atomic E-state index is -0.264. The summed E-state index contributed by atoms with van der Waals surface area (Å²) < 4.78 is 14.0. The third kappa shape index (κ3) is 3.50. The second-order valence-electron chi connectivity index (χ2n) is 4.33. The number of hydrogen-bond acceptors (Lipinski definition) is 4. The molecule has 4 nitrogen and oxygen atoms in total. The van der Waals surface area contributed by atoms with Gasteiger partial charge in [-0.15, -0.1) is 5.10 Å². The predicted molar refractivity (Wildman–Crippen MR) is 80.0 cm³/mol. The van der Waals surface area contributed by atoms with Crippen LogP contribution in [0, 0.1) is 5.82 Å². The smallest absolute Gasteiger partial charge is 0.243 e. The Balaban J connectivity index is 2.12. The van der Waals surface area contributed by atoms with E-state index in [0.717, 1.165) is 34.3 Å². The molecule has 1 aromatic heterocycles. The predicted octanol–water partition coefficient (Wildman–Crippen LogP) is 3.51. The Morgan fingerprint density at radius 2 is 1.90 bits per heavy atom. The van der Waals surface area contributed by atoms with Gasteiger partial charge in [-0.1, -0.05) is 29.8 Å². The lowest BCUT2D eigenvalue weighted by molar-refractivity contribution is 0.625. The number of aromatic nitrogens is 3. The van der Waals surface area contributed by atoms with Gasteiger partial charge in [-0.05, 0) is 36.6 Å². The maximum atomic E-state index is 13.2. The fourth-order valence-corrected chi connectivity index (χ4v) is 2.25. The van der Waals surface area contributed by atoms with Crippen molar-refractivity contribution in [1.82, 2.24) is 15.2 Å². The van der Waals surface area contributed by atoms with Crippen molar-refractivity contribution >= 4 is 21.9 Å². The number of halogens is 2. The first-order chi connectivity index (χ1) is 9.63. The van der Waals surface area contributed by atoms with E-state index in [9.17, 15) is 4.39 Å². The highest BCUT2D eigenvalue weighted by molar-refractivity contribution is 9.10. The minimum Gasteiger partial charge on any atom is -0.349 e. The largest absolute Gasteiger partial charge is 0.349 e.